The van der Waals surface area contributed by atoms with Crippen LogP contribution in [-0.2, 0) is 12.8 Å². The zero-order valence-corrected chi connectivity index (χ0v) is 17.1. The Balaban J connectivity index is 1.58. The molecule has 3 rings (SSSR count). The standard InChI is InChI=1S/C24H33NO3/c1-18-6-8-21(9-7-18)25-22-10-11-23(27-2)24(17-22)28-15-13-20-5-3-4-19(16-20)12-14-26/h3-5,10-11,16-18,21,25-26H,6-9,12-15H2,1-2H3. The Morgan fingerprint density at radius 3 is 2.43 bits per heavy atom. The van der Waals surface area contributed by atoms with Crippen LogP contribution in [0.5, 0.6) is 11.5 Å². The molecule has 0 heterocycles. The number of nitrogens with one attached hydrogen (secondary N) is 1. The predicted molar refractivity (Wildman–Crippen MR) is 114 cm³/mol. The number of anilines is 1. The summed E-state index contributed by atoms with van der Waals surface area (Å²) < 4.78 is 11.5. The zero-order chi connectivity index (χ0) is 19.8. The van der Waals surface area contributed by atoms with E-state index in [-0.39, 0.29) is 6.61 Å². The second-order valence-corrected chi connectivity index (χ2v) is 7.86. The molecule has 1 fully saturated rings. The van der Waals surface area contributed by atoms with Crippen molar-refractivity contribution < 1.29 is 14.6 Å². The molecule has 4 heteroatoms. The zero-order valence-electron chi connectivity index (χ0n) is 17.1. The van der Waals surface area contributed by atoms with Crippen LogP contribution < -0.4 is 14.8 Å². The normalized spacial score (nSPS) is 19.2. The van der Waals surface area contributed by atoms with Crippen LogP contribution in [0.1, 0.15) is 43.7 Å². The first kappa shape index (κ1) is 20.5. The van der Waals surface area contributed by atoms with Gasteiger partial charge in [-0.2, -0.15) is 0 Å². The maximum absolute atomic E-state index is 9.10. The number of hydrogen-bond donors (Lipinski definition) is 2. The average molecular weight is 384 g/mol. The summed E-state index contributed by atoms with van der Waals surface area (Å²) >= 11 is 0. The van der Waals surface area contributed by atoms with Crippen molar-refractivity contribution in [3.63, 3.8) is 0 Å². The maximum Gasteiger partial charge on any atom is 0.163 e. The molecule has 2 aromatic carbocycles. The van der Waals surface area contributed by atoms with Gasteiger partial charge in [0.25, 0.3) is 0 Å². The molecule has 0 bridgehead atoms. The van der Waals surface area contributed by atoms with Crippen molar-refractivity contribution in [2.45, 2.75) is 51.5 Å². The van der Waals surface area contributed by atoms with Crippen molar-refractivity contribution >= 4 is 5.69 Å². The minimum absolute atomic E-state index is 0.177. The topological polar surface area (TPSA) is 50.7 Å². The van der Waals surface area contributed by atoms with Gasteiger partial charge in [0.15, 0.2) is 11.5 Å². The van der Waals surface area contributed by atoms with Gasteiger partial charge in [0, 0.05) is 30.8 Å². The van der Waals surface area contributed by atoms with Gasteiger partial charge in [-0.25, -0.2) is 0 Å². The third-order valence-corrected chi connectivity index (χ3v) is 5.59. The monoisotopic (exact) mass is 383 g/mol. The lowest BCUT2D eigenvalue weighted by Crippen LogP contribution is -2.25. The summed E-state index contributed by atoms with van der Waals surface area (Å²) in [5, 5.41) is 12.8. The SMILES string of the molecule is COc1ccc(NC2CCC(C)CC2)cc1OCCc1cccc(CCO)c1. The van der Waals surface area contributed by atoms with Crippen LogP contribution in [0.4, 0.5) is 5.69 Å². The second-order valence-electron chi connectivity index (χ2n) is 7.86. The number of methoxy groups -OCH3 is 1. The van der Waals surface area contributed by atoms with E-state index in [1.165, 1.54) is 31.2 Å². The highest BCUT2D eigenvalue weighted by Gasteiger charge is 2.18. The second kappa shape index (κ2) is 10.4. The van der Waals surface area contributed by atoms with Crippen molar-refractivity contribution in [1.82, 2.24) is 0 Å². The third-order valence-electron chi connectivity index (χ3n) is 5.59. The fourth-order valence-electron chi connectivity index (χ4n) is 3.87. The predicted octanol–water partition coefficient (Wildman–Crippen LogP) is 4.84. The smallest absolute Gasteiger partial charge is 0.163 e. The summed E-state index contributed by atoms with van der Waals surface area (Å²) in [7, 11) is 1.68. The van der Waals surface area contributed by atoms with Gasteiger partial charge in [-0.3, -0.25) is 0 Å². The maximum atomic E-state index is 9.10. The molecule has 152 valence electrons. The molecule has 2 aromatic rings. The Kier molecular flexibility index (Phi) is 7.61. The number of benzene rings is 2. The Labute approximate surface area is 168 Å². The molecule has 0 spiro atoms. The van der Waals surface area contributed by atoms with Gasteiger partial charge in [0.1, 0.15) is 0 Å². The van der Waals surface area contributed by atoms with Crippen LogP contribution in [0.2, 0.25) is 0 Å². The van der Waals surface area contributed by atoms with Crippen molar-refractivity contribution in [3.8, 4) is 11.5 Å². The summed E-state index contributed by atoms with van der Waals surface area (Å²) in [5.41, 5.74) is 3.47. The molecule has 0 aromatic heterocycles. The molecule has 0 amide bonds. The van der Waals surface area contributed by atoms with Crippen molar-refractivity contribution in [2.75, 3.05) is 25.6 Å². The molecule has 0 aliphatic heterocycles. The van der Waals surface area contributed by atoms with Crippen LogP contribution >= 0.6 is 0 Å². The fraction of sp³-hybridized carbons (Fsp3) is 0.500. The van der Waals surface area contributed by atoms with E-state index in [1.807, 2.05) is 18.2 Å². The number of aliphatic hydroxyl groups excluding tert-OH is 1. The fourth-order valence-corrected chi connectivity index (χ4v) is 3.87. The number of hydrogen-bond acceptors (Lipinski definition) is 4. The molecule has 1 aliphatic carbocycles. The number of rotatable bonds is 9. The lowest BCUT2D eigenvalue weighted by Gasteiger charge is -2.28. The van der Waals surface area contributed by atoms with Gasteiger partial charge in [0.2, 0.25) is 0 Å². The average Bonchev–Trinajstić information content (AvgIpc) is 2.71. The quantitative estimate of drug-likeness (QED) is 0.650. The van der Waals surface area contributed by atoms with E-state index in [2.05, 4.69) is 36.5 Å². The number of aliphatic hydroxyl groups is 1. The van der Waals surface area contributed by atoms with Crippen molar-refractivity contribution in [3.05, 3.63) is 53.6 Å². The van der Waals surface area contributed by atoms with E-state index in [0.29, 0.717) is 19.1 Å². The van der Waals surface area contributed by atoms with Gasteiger partial charge in [-0.15, -0.1) is 0 Å². The Morgan fingerprint density at radius 2 is 1.71 bits per heavy atom. The Hall–Kier alpha value is -2.20. The summed E-state index contributed by atoms with van der Waals surface area (Å²) in [6, 6.07) is 15.0. The van der Waals surface area contributed by atoms with E-state index >= 15 is 0 Å². The summed E-state index contributed by atoms with van der Waals surface area (Å²) in [4.78, 5) is 0. The summed E-state index contributed by atoms with van der Waals surface area (Å²) in [5.74, 6) is 2.39. The van der Waals surface area contributed by atoms with E-state index < -0.39 is 0 Å². The highest BCUT2D eigenvalue weighted by Crippen LogP contribution is 2.32. The first-order valence-electron chi connectivity index (χ1n) is 10.4. The molecular formula is C24H33NO3. The minimum atomic E-state index is 0.177. The van der Waals surface area contributed by atoms with Crippen molar-refractivity contribution in [1.29, 1.82) is 0 Å². The molecule has 2 N–H and O–H groups in total. The lowest BCUT2D eigenvalue weighted by atomic mass is 9.87. The summed E-state index contributed by atoms with van der Waals surface area (Å²) in [6.07, 6.45) is 6.57. The molecular weight excluding hydrogens is 350 g/mol. The molecule has 0 atom stereocenters. The molecule has 1 aliphatic rings. The Bertz CT molecular complexity index is 738. The third kappa shape index (κ3) is 5.90. The highest BCUT2D eigenvalue weighted by molar-refractivity contribution is 5.55. The molecule has 0 unspecified atom stereocenters. The first-order chi connectivity index (χ1) is 13.7. The van der Waals surface area contributed by atoms with Crippen LogP contribution in [0.25, 0.3) is 0 Å². The van der Waals surface area contributed by atoms with Crippen LogP contribution in [0, 0.1) is 5.92 Å². The van der Waals surface area contributed by atoms with E-state index in [9.17, 15) is 0 Å². The van der Waals surface area contributed by atoms with Gasteiger partial charge >= 0.3 is 0 Å². The van der Waals surface area contributed by atoms with Gasteiger partial charge in [-0.1, -0.05) is 31.2 Å². The van der Waals surface area contributed by atoms with Gasteiger partial charge in [0.05, 0.1) is 13.7 Å². The van der Waals surface area contributed by atoms with Crippen molar-refractivity contribution in [2.24, 2.45) is 5.92 Å². The van der Waals surface area contributed by atoms with Gasteiger partial charge in [-0.05, 0) is 61.3 Å². The minimum Gasteiger partial charge on any atom is -0.493 e. The molecule has 0 saturated heterocycles. The Morgan fingerprint density at radius 1 is 0.964 bits per heavy atom. The largest absolute Gasteiger partial charge is 0.493 e. The van der Waals surface area contributed by atoms with Crippen LogP contribution in [0.3, 0.4) is 0 Å². The van der Waals surface area contributed by atoms with E-state index in [1.54, 1.807) is 7.11 Å². The molecule has 4 nitrogen and oxygen atoms in total. The van der Waals surface area contributed by atoms with Gasteiger partial charge < -0.3 is 19.9 Å². The summed E-state index contributed by atoms with van der Waals surface area (Å²) in [6.45, 7) is 3.11. The molecule has 28 heavy (non-hydrogen) atoms. The van der Waals surface area contributed by atoms with E-state index in [0.717, 1.165) is 35.1 Å². The highest BCUT2D eigenvalue weighted by atomic mass is 16.5. The van der Waals surface area contributed by atoms with Crippen LogP contribution in [0.15, 0.2) is 42.5 Å². The van der Waals surface area contributed by atoms with E-state index in [4.69, 9.17) is 14.6 Å². The van der Waals surface area contributed by atoms with Crippen LogP contribution in [-0.4, -0.2) is 31.5 Å². The molecule has 1 saturated carbocycles. The lowest BCUT2D eigenvalue weighted by molar-refractivity contribution is 0.297. The molecule has 0 radical (unpaired) electrons. The first-order valence-corrected chi connectivity index (χ1v) is 10.4. The number of ether oxygens (including phenoxy) is 2.